The summed E-state index contributed by atoms with van der Waals surface area (Å²) in [4.78, 5) is 1.27. The van der Waals surface area contributed by atoms with Gasteiger partial charge in [-0.3, -0.25) is 0 Å². The van der Waals surface area contributed by atoms with Gasteiger partial charge in [0.05, 0.1) is 6.61 Å². The number of benzene rings is 2. The van der Waals surface area contributed by atoms with Gasteiger partial charge in [0.1, 0.15) is 5.75 Å². The average molecular weight is 271 g/mol. The summed E-state index contributed by atoms with van der Waals surface area (Å²) in [6.07, 6.45) is 0. The number of nitrogen functional groups attached to an aromatic ring is 1. The monoisotopic (exact) mass is 271 g/mol. The van der Waals surface area contributed by atoms with Gasteiger partial charge >= 0.3 is 0 Å². The van der Waals surface area contributed by atoms with Crippen LogP contribution in [0, 0.1) is 6.92 Å². The summed E-state index contributed by atoms with van der Waals surface area (Å²) in [6.45, 7) is 2.87. The second kappa shape index (κ2) is 5.17. The van der Waals surface area contributed by atoms with Crippen LogP contribution in [-0.2, 0) is 0 Å². The van der Waals surface area contributed by atoms with Crippen molar-refractivity contribution in [2.75, 3.05) is 18.1 Å². The second-order valence-electron chi connectivity index (χ2n) is 4.83. The minimum atomic E-state index is 0.474. The highest BCUT2D eigenvalue weighted by atomic mass is 32.2. The Morgan fingerprint density at radius 1 is 1.21 bits per heavy atom. The fourth-order valence-electron chi connectivity index (χ4n) is 2.35. The Balaban J connectivity index is 1.73. The minimum absolute atomic E-state index is 0.474. The number of hydrogen-bond acceptors (Lipinski definition) is 3. The van der Waals surface area contributed by atoms with Crippen molar-refractivity contribution in [3.63, 3.8) is 0 Å². The smallest absolute Gasteiger partial charge is 0.122 e. The molecule has 3 heteroatoms. The van der Waals surface area contributed by atoms with Crippen LogP contribution >= 0.6 is 11.8 Å². The van der Waals surface area contributed by atoms with Gasteiger partial charge in [-0.1, -0.05) is 24.3 Å². The van der Waals surface area contributed by atoms with E-state index in [2.05, 4.69) is 25.1 Å². The van der Waals surface area contributed by atoms with Crippen LogP contribution in [0.2, 0.25) is 0 Å². The van der Waals surface area contributed by atoms with E-state index in [4.69, 9.17) is 10.5 Å². The van der Waals surface area contributed by atoms with Crippen molar-refractivity contribution in [1.29, 1.82) is 0 Å². The molecule has 2 N–H and O–H groups in total. The third kappa shape index (κ3) is 2.43. The normalized spacial score (nSPS) is 17.0. The van der Waals surface area contributed by atoms with E-state index >= 15 is 0 Å². The van der Waals surface area contributed by atoms with Crippen molar-refractivity contribution in [3.8, 4) is 5.75 Å². The molecule has 0 saturated carbocycles. The van der Waals surface area contributed by atoms with E-state index < -0.39 is 0 Å². The van der Waals surface area contributed by atoms with E-state index in [9.17, 15) is 0 Å². The lowest BCUT2D eigenvalue weighted by molar-refractivity contribution is 0.339. The summed E-state index contributed by atoms with van der Waals surface area (Å²) in [7, 11) is 0. The molecule has 1 aliphatic rings. The highest BCUT2D eigenvalue weighted by Crippen LogP contribution is 2.37. The molecule has 98 valence electrons. The number of nitrogens with two attached hydrogens (primary N) is 1. The minimum Gasteiger partial charge on any atom is -0.493 e. The summed E-state index contributed by atoms with van der Waals surface area (Å²) >= 11 is 1.86. The van der Waals surface area contributed by atoms with Crippen molar-refractivity contribution >= 4 is 17.4 Å². The Hall–Kier alpha value is -1.61. The second-order valence-corrected chi connectivity index (χ2v) is 5.89. The zero-order chi connectivity index (χ0) is 13.2. The quantitative estimate of drug-likeness (QED) is 0.680. The Morgan fingerprint density at radius 3 is 2.95 bits per heavy atom. The van der Waals surface area contributed by atoms with Crippen LogP contribution in [0.3, 0.4) is 0 Å². The Kier molecular flexibility index (Phi) is 3.38. The van der Waals surface area contributed by atoms with Crippen LogP contribution < -0.4 is 10.5 Å². The van der Waals surface area contributed by atoms with Crippen LogP contribution in [-0.4, -0.2) is 12.4 Å². The van der Waals surface area contributed by atoms with Gasteiger partial charge in [-0.15, -0.1) is 11.8 Å². The standard InChI is InChI=1S/C16H17NOS/c1-11-14(17)6-4-8-16(11)19-10-12-9-18-15-7-3-2-5-13(12)15/h2-8,12H,9-10,17H2,1H3. The number of fused-ring (bicyclic) bond motifs is 1. The number of anilines is 1. The molecule has 0 amide bonds. The molecule has 2 nitrogen and oxygen atoms in total. The average Bonchev–Trinajstić information content (AvgIpc) is 2.84. The van der Waals surface area contributed by atoms with E-state index in [0.29, 0.717) is 5.92 Å². The van der Waals surface area contributed by atoms with Gasteiger partial charge < -0.3 is 10.5 Å². The SMILES string of the molecule is Cc1c(N)cccc1SCC1COc2ccccc21. The van der Waals surface area contributed by atoms with Gasteiger partial charge in [-0.2, -0.15) is 0 Å². The van der Waals surface area contributed by atoms with Crippen LogP contribution in [0.5, 0.6) is 5.75 Å². The number of hydrogen-bond donors (Lipinski definition) is 1. The maximum absolute atomic E-state index is 5.94. The molecule has 0 saturated heterocycles. The lowest BCUT2D eigenvalue weighted by atomic mass is 10.0. The fourth-order valence-corrected chi connectivity index (χ4v) is 3.51. The third-order valence-electron chi connectivity index (χ3n) is 3.56. The number of para-hydroxylation sites is 1. The first-order valence-electron chi connectivity index (χ1n) is 6.45. The highest BCUT2D eigenvalue weighted by molar-refractivity contribution is 7.99. The summed E-state index contributed by atoms with van der Waals surface area (Å²) in [5.41, 5.74) is 9.32. The number of rotatable bonds is 3. The van der Waals surface area contributed by atoms with E-state index in [1.165, 1.54) is 16.0 Å². The zero-order valence-electron chi connectivity index (χ0n) is 10.9. The first kappa shape index (κ1) is 12.4. The van der Waals surface area contributed by atoms with E-state index in [-0.39, 0.29) is 0 Å². The van der Waals surface area contributed by atoms with Crippen molar-refractivity contribution in [3.05, 3.63) is 53.6 Å². The third-order valence-corrected chi connectivity index (χ3v) is 4.89. The largest absolute Gasteiger partial charge is 0.493 e. The molecular weight excluding hydrogens is 254 g/mol. The van der Waals surface area contributed by atoms with Crippen molar-refractivity contribution in [1.82, 2.24) is 0 Å². The van der Waals surface area contributed by atoms with Gasteiger partial charge in [-0.05, 0) is 30.7 Å². The Bertz CT molecular complexity index is 597. The van der Waals surface area contributed by atoms with Crippen molar-refractivity contribution < 1.29 is 4.74 Å². The lowest BCUT2D eigenvalue weighted by Gasteiger charge is -2.11. The summed E-state index contributed by atoms with van der Waals surface area (Å²) < 4.78 is 5.72. The molecule has 0 aromatic heterocycles. The van der Waals surface area contributed by atoms with Gasteiger partial charge in [0, 0.05) is 27.8 Å². The van der Waals surface area contributed by atoms with Crippen molar-refractivity contribution in [2.24, 2.45) is 0 Å². The topological polar surface area (TPSA) is 35.2 Å². The molecule has 1 aliphatic heterocycles. The molecule has 0 bridgehead atoms. The first-order valence-corrected chi connectivity index (χ1v) is 7.44. The lowest BCUT2D eigenvalue weighted by Crippen LogP contribution is -2.03. The Morgan fingerprint density at radius 2 is 2.05 bits per heavy atom. The van der Waals surface area contributed by atoms with E-state index in [1.54, 1.807) is 0 Å². The molecule has 19 heavy (non-hydrogen) atoms. The maximum Gasteiger partial charge on any atom is 0.122 e. The maximum atomic E-state index is 5.94. The predicted molar refractivity (Wildman–Crippen MR) is 81.0 cm³/mol. The summed E-state index contributed by atoms with van der Waals surface area (Å²) in [5.74, 6) is 2.54. The van der Waals surface area contributed by atoms with Gasteiger partial charge in [0.25, 0.3) is 0 Å². The zero-order valence-corrected chi connectivity index (χ0v) is 11.7. The van der Waals surface area contributed by atoms with Crippen LogP contribution in [0.1, 0.15) is 17.0 Å². The van der Waals surface area contributed by atoms with Gasteiger partial charge in [0.2, 0.25) is 0 Å². The molecule has 0 radical (unpaired) electrons. The van der Waals surface area contributed by atoms with Crippen LogP contribution in [0.25, 0.3) is 0 Å². The van der Waals surface area contributed by atoms with Crippen molar-refractivity contribution in [2.45, 2.75) is 17.7 Å². The van der Waals surface area contributed by atoms with Crippen LogP contribution in [0.15, 0.2) is 47.4 Å². The first-order chi connectivity index (χ1) is 9.25. The molecule has 0 aliphatic carbocycles. The molecule has 2 aromatic rings. The highest BCUT2D eigenvalue weighted by Gasteiger charge is 2.23. The molecule has 1 atom stereocenters. The summed E-state index contributed by atoms with van der Waals surface area (Å²) in [5, 5.41) is 0. The number of ether oxygens (including phenoxy) is 1. The molecule has 2 aromatic carbocycles. The predicted octanol–water partition coefficient (Wildman–Crippen LogP) is 3.85. The Labute approximate surface area is 118 Å². The van der Waals surface area contributed by atoms with Gasteiger partial charge in [0.15, 0.2) is 0 Å². The number of thioether (sulfide) groups is 1. The molecule has 3 rings (SSSR count). The van der Waals surface area contributed by atoms with E-state index in [0.717, 1.165) is 23.8 Å². The molecule has 1 unspecified atom stereocenters. The molecular formula is C16H17NOS. The van der Waals surface area contributed by atoms with Gasteiger partial charge in [-0.25, -0.2) is 0 Å². The summed E-state index contributed by atoms with van der Waals surface area (Å²) in [6, 6.07) is 14.4. The van der Waals surface area contributed by atoms with Crippen LogP contribution in [0.4, 0.5) is 5.69 Å². The molecule has 0 spiro atoms. The molecule has 1 heterocycles. The molecule has 0 fully saturated rings. The fraction of sp³-hybridized carbons (Fsp3) is 0.250. The van der Waals surface area contributed by atoms with E-state index in [1.807, 2.05) is 36.0 Å².